The van der Waals surface area contributed by atoms with E-state index in [9.17, 15) is 9.90 Å². The maximum Gasteiger partial charge on any atom is 0.251 e. The molecule has 0 aliphatic carbocycles. The molecular formula is C22H24BrNO3. The molecule has 0 spiro atoms. The van der Waals surface area contributed by atoms with Crippen LogP contribution >= 0.6 is 15.9 Å². The Morgan fingerprint density at radius 3 is 2.74 bits per heavy atom. The van der Waals surface area contributed by atoms with E-state index in [0.717, 1.165) is 26.7 Å². The van der Waals surface area contributed by atoms with E-state index < -0.39 is 6.10 Å². The van der Waals surface area contributed by atoms with Crippen LogP contribution in [0.2, 0.25) is 0 Å². The summed E-state index contributed by atoms with van der Waals surface area (Å²) >= 11 is 3.47. The molecular weight excluding hydrogens is 406 g/mol. The van der Waals surface area contributed by atoms with Gasteiger partial charge in [0.25, 0.3) is 5.91 Å². The number of hydrogen-bond acceptors (Lipinski definition) is 3. The molecule has 2 N–H and O–H groups in total. The largest absolute Gasteiger partial charge is 0.504 e. The molecule has 0 heterocycles. The molecule has 0 aromatic heterocycles. The minimum atomic E-state index is -0.641. The molecule has 2 aromatic rings. The van der Waals surface area contributed by atoms with E-state index in [2.05, 4.69) is 27.8 Å². The van der Waals surface area contributed by atoms with Crippen molar-refractivity contribution in [3.05, 3.63) is 88.1 Å². The molecule has 0 saturated heterocycles. The smallest absolute Gasteiger partial charge is 0.251 e. The van der Waals surface area contributed by atoms with Crippen LogP contribution in [0.15, 0.2) is 71.4 Å². The van der Waals surface area contributed by atoms with Gasteiger partial charge in [0.15, 0.2) is 0 Å². The van der Waals surface area contributed by atoms with Crippen LogP contribution < -0.4 is 5.32 Å². The van der Waals surface area contributed by atoms with Crippen LogP contribution in [0.25, 0.3) is 5.57 Å². The summed E-state index contributed by atoms with van der Waals surface area (Å²) in [7, 11) is 1.55. The van der Waals surface area contributed by atoms with Crippen LogP contribution in [-0.2, 0) is 22.5 Å². The van der Waals surface area contributed by atoms with E-state index in [-0.39, 0.29) is 5.91 Å². The fourth-order valence-corrected chi connectivity index (χ4v) is 3.01. The number of aliphatic hydroxyl groups excluding tert-OH is 1. The highest BCUT2D eigenvalue weighted by Crippen LogP contribution is 2.19. The molecule has 142 valence electrons. The van der Waals surface area contributed by atoms with Gasteiger partial charge in [-0.2, -0.15) is 0 Å². The molecule has 0 saturated carbocycles. The first-order chi connectivity index (χ1) is 12.9. The third-order valence-electron chi connectivity index (χ3n) is 4.21. The van der Waals surface area contributed by atoms with Gasteiger partial charge in [0.1, 0.15) is 0 Å². The number of rotatable bonds is 8. The molecule has 0 bridgehead atoms. The van der Waals surface area contributed by atoms with Crippen molar-refractivity contribution in [1.82, 2.24) is 5.32 Å². The minimum absolute atomic E-state index is 0.223. The second kappa shape index (κ2) is 10.1. The molecule has 0 radical (unpaired) electrons. The lowest BCUT2D eigenvalue weighted by Gasteiger charge is -2.13. The van der Waals surface area contributed by atoms with E-state index in [1.807, 2.05) is 55.5 Å². The molecule has 2 aromatic carbocycles. The summed E-state index contributed by atoms with van der Waals surface area (Å²) in [6.07, 6.45) is 1.33. The lowest BCUT2D eigenvalue weighted by atomic mass is 9.98. The van der Waals surface area contributed by atoms with Gasteiger partial charge in [-0.05, 0) is 35.3 Å². The second-order valence-corrected chi connectivity index (χ2v) is 7.12. The van der Waals surface area contributed by atoms with Crippen LogP contribution in [0.4, 0.5) is 0 Å². The third kappa shape index (κ3) is 6.08. The third-order valence-corrected chi connectivity index (χ3v) is 4.98. The number of benzene rings is 2. The number of amides is 1. The molecule has 1 unspecified atom stereocenters. The normalized spacial score (nSPS) is 12.4. The molecule has 0 aliphatic rings. The van der Waals surface area contributed by atoms with Gasteiger partial charge in [0.05, 0.1) is 19.5 Å². The molecule has 0 fully saturated rings. The summed E-state index contributed by atoms with van der Waals surface area (Å²) in [5, 5.41) is 13.1. The number of hydrogen-bond donors (Lipinski definition) is 2. The van der Waals surface area contributed by atoms with E-state index in [1.54, 1.807) is 7.11 Å². The maximum absolute atomic E-state index is 12.5. The zero-order chi connectivity index (χ0) is 19.8. The standard InChI is InChI=1S/C22H24BrNO3/c1-15(14-27-3)21(25)12-17-7-6-9-18(11-17)16(2)22(26)24-13-19-8-4-5-10-20(19)23/h4-11,14,21,25H,2,12-13H2,1,3H3,(H,24,26)/b15-14+. The highest BCUT2D eigenvalue weighted by Gasteiger charge is 2.13. The monoisotopic (exact) mass is 429 g/mol. The SMILES string of the molecule is C=C(C(=O)NCc1ccccc1Br)c1cccc(CC(O)/C(C)=C/OC)c1. The Morgan fingerprint density at radius 1 is 1.30 bits per heavy atom. The van der Waals surface area contributed by atoms with Gasteiger partial charge in [-0.3, -0.25) is 4.79 Å². The van der Waals surface area contributed by atoms with Crippen LogP contribution in [0.5, 0.6) is 0 Å². The predicted molar refractivity (Wildman–Crippen MR) is 112 cm³/mol. The van der Waals surface area contributed by atoms with E-state index >= 15 is 0 Å². The van der Waals surface area contributed by atoms with Gasteiger partial charge in [0, 0.05) is 23.0 Å². The van der Waals surface area contributed by atoms with E-state index in [1.165, 1.54) is 6.26 Å². The topological polar surface area (TPSA) is 58.6 Å². The van der Waals surface area contributed by atoms with Crippen molar-refractivity contribution in [3.63, 3.8) is 0 Å². The number of nitrogens with one attached hydrogen (secondary N) is 1. The Hall–Kier alpha value is -2.37. The Balaban J connectivity index is 2.02. The number of carbonyl (C=O) groups is 1. The van der Waals surface area contributed by atoms with Crippen LogP contribution in [0, 0.1) is 0 Å². The van der Waals surface area contributed by atoms with E-state index in [4.69, 9.17) is 4.74 Å². The number of carbonyl (C=O) groups excluding carboxylic acids is 1. The van der Waals surface area contributed by atoms with Gasteiger partial charge >= 0.3 is 0 Å². The zero-order valence-corrected chi connectivity index (χ0v) is 17.1. The predicted octanol–water partition coefficient (Wildman–Crippen LogP) is 4.23. The first-order valence-electron chi connectivity index (χ1n) is 8.59. The van der Waals surface area contributed by atoms with Crippen LogP contribution in [0.3, 0.4) is 0 Å². The number of methoxy groups -OCH3 is 1. The number of aliphatic hydroxyl groups is 1. The molecule has 1 amide bonds. The van der Waals surface area contributed by atoms with Crippen molar-refractivity contribution in [2.45, 2.75) is 26.0 Å². The summed E-state index contributed by atoms with van der Waals surface area (Å²) < 4.78 is 5.89. The second-order valence-electron chi connectivity index (χ2n) is 6.27. The van der Waals surface area contributed by atoms with Gasteiger partial charge < -0.3 is 15.2 Å². The van der Waals surface area contributed by atoms with Crippen molar-refractivity contribution in [2.24, 2.45) is 0 Å². The first kappa shape index (κ1) is 20.9. The van der Waals surface area contributed by atoms with Crippen molar-refractivity contribution >= 4 is 27.4 Å². The lowest BCUT2D eigenvalue weighted by molar-refractivity contribution is -0.115. The Kier molecular flexibility index (Phi) is 7.82. The molecule has 2 rings (SSSR count). The van der Waals surface area contributed by atoms with Gasteiger partial charge in [-0.25, -0.2) is 0 Å². The quantitative estimate of drug-likeness (QED) is 0.487. The lowest BCUT2D eigenvalue weighted by Crippen LogP contribution is -2.23. The fourth-order valence-electron chi connectivity index (χ4n) is 2.59. The number of ether oxygens (including phenoxy) is 1. The molecule has 1 atom stereocenters. The molecule has 4 nitrogen and oxygen atoms in total. The average molecular weight is 430 g/mol. The van der Waals surface area contributed by atoms with Gasteiger partial charge in [0.2, 0.25) is 0 Å². The highest BCUT2D eigenvalue weighted by molar-refractivity contribution is 9.10. The summed E-state index contributed by atoms with van der Waals surface area (Å²) in [5.74, 6) is -0.223. The van der Waals surface area contributed by atoms with Crippen LogP contribution in [0.1, 0.15) is 23.6 Å². The summed E-state index contributed by atoms with van der Waals surface area (Å²) in [4.78, 5) is 12.5. The summed E-state index contributed by atoms with van der Waals surface area (Å²) in [6.45, 7) is 6.15. The molecule has 0 aliphatic heterocycles. The zero-order valence-electron chi connectivity index (χ0n) is 15.5. The Bertz CT molecular complexity index is 845. The highest BCUT2D eigenvalue weighted by atomic mass is 79.9. The molecule has 27 heavy (non-hydrogen) atoms. The van der Waals surface area contributed by atoms with Crippen molar-refractivity contribution in [3.8, 4) is 0 Å². The van der Waals surface area contributed by atoms with Crippen molar-refractivity contribution in [2.75, 3.05) is 7.11 Å². The van der Waals surface area contributed by atoms with Gasteiger partial charge in [-0.15, -0.1) is 0 Å². The molecule has 5 heteroatoms. The fraction of sp³-hybridized carbons (Fsp3) is 0.227. The van der Waals surface area contributed by atoms with Gasteiger partial charge in [-0.1, -0.05) is 65.0 Å². The Labute approximate surface area is 168 Å². The minimum Gasteiger partial charge on any atom is -0.504 e. The first-order valence-corrected chi connectivity index (χ1v) is 9.39. The maximum atomic E-state index is 12.5. The van der Waals surface area contributed by atoms with Crippen molar-refractivity contribution in [1.29, 1.82) is 0 Å². The van der Waals surface area contributed by atoms with Crippen LogP contribution in [-0.4, -0.2) is 24.2 Å². The average Bonchev–Trinajstić information content (AvgIpc) is 2.67. The Morgan fingerprint density at radius 2 is 2.04 bits per heavy atom. The number of halogens is 1. The summed E-state index contributed by atoms with van der Waals surface area (Å²) in [5.41, 5.74) is 3.78. The van der Waals surface area contributed by atoms with E-state index in [0.29, 0.717) is 18.5 Å². The van der Waals surface area contributed by atoms with Crippen molar-refractivity contribution < 1.29 is 14.6 Å². The summed E-state index contributed by atoms with van der Waals surface area (Å²) in [6, 6.07) is 15.2.